The summed E-state index contributed by atoms with van der Waals surface area (Å²) in [4.78, 5) is 10.8. The zero-order valence-corrected chi connectivity index (χ0v) is 8.78. The van der Waals surface area contributed by atoms with Gasteiger partial charge in [0.05, 0.1) is 5.75 Å². The van der Waals surface area contributed by atoms with Crippen molar-refractivity contribution in [3.8, 4) is 0 Å². The molecule has 0 radical (unpaired) electrons. The van der Waals surface area contributed by atoms with E-state index in [1.165, 1.54) is 11.8 Å². The summed E-state index contributed by atoms with van der Waals surface area (Å²) in [6.45, 7) is 3.75. The van der Waals surface area contributed by atoms with Gasteiger partial charge in [-0.05, 0) is 5.92 Å². The molecule has 0 amide bonds. The van der Waals surface area contributed by atoms with Crippen LogP contribution in [0.25, 0.3) is 0 Å². The first-order valence-electron chi connectivity index (χ1n) is 4.18. The molecule has 78 valence electrons. The van der Waals surface area contributed by atoms with Crippen LogP contribution in [0.3, 0.4) is 0 Å². The van der Waals surface area contributed by atoms with E-state index >= 15 is 0 Å². The van der Waals surface area contributed by atoms with Crippen LogP contribution < -0.4 is 0 Å². The summed E-state index contributed by atoms with van der Waals surface area (Å²) >= 11 is 1.31. The Hall–Kier alpha value is -1.11. The van der Waals surface area contributed by atoms with Gasteiger partial charge in [-0.2, -0.15) is 5.21 Å². The molecule has 1 atom stereocenters. The molecule has 7 heteroatoms. The molecule has 1 rings (SSSR count). The van der Waals surface area contributed by atoms with Crippen molar-refractivity contribution in [2.75, 3.05) is 0 Å². The zero-order valence-electron chi connectivity index (χ0n) is 7.97. The highest BCUT2D eigenvalue weighted by Gasteiger charge is 2.22. The van der Waals surface area contributed by atoms with E-state index in [0.29, 0.717) is 11.6 Å². The summed E-state index contributed by atoms with van der Waals surface area (Å²) in [5, 5.41) is 21.7. The maximum Gasteiger partial charge on any atom is 0.316 e. The summed E-state index contributed by atoms with van der Waals surface area (Å²) in [5.41, 5.74) is 0. The van der Waals surface area contributed by atoms with Crippen LogP contribution in [0.1, 0.15) is 19.7 Å². The number of H-pyrrole nitrogens is 1. The number of carboxylic acid groups (broad SMARTS) is 1. The Kier molecular flexibility index (Phi) is 3.87. The Morgan fingerprint density at radius 1 is 1.64 bits per heavy atom. The summed E-state index contributed by atoms with van der Waals surface area (Å²) < 4.78 is 0. The minimum atomic E-state index is -0.798. The number of rotatable bonds is 5. The van der Waals surface area contributed by atoms with Crippen molar-refractivity contribution in [1.82, 2.24) is 20.6 Å². The third-order valence-electron chi connectivity index (χ3n) is 1.63. The molecule has 1 aromatic rings. The molecule has 0 aliphatic heterocycles. The number of aromatic nitrogens is 4. The number of hydrogen-bond acceptors (Lipinski definition) is 5. The van der Waals surface area contributed by atoms with Gasteiger partial charge >= 0.3 is 5.97 Å². The standard InChI is InChI=1S/C7H12N4O2S/c1-4(2)6(7(12)13)14-3-5-8-10-11-9-5/h4,6H,3H2,1-2H3,(H,12,13)(H,8,9,10,11)/t6-/m0/s1. The van der Waals surface area contributed by atoms with Crippen molar-refractivity contribution < 1.29 is 9.90 Å². The van der Waals surface area contributed by atoms with Gasteiger partial charge in [-0.3, -0.25) is 4.79 Å². The fraction of sp³-hybridized carbons (Fsp3) is 0.714. The first-order valence-corrected chi connectivity index (χ1v) is 5.23. The van der Waals surface area contributed by atoms with E-state index in [-0.39, 0.29) is 5.92 Å². The number of tetrazole rings is 1. The largest absolute Gasteiger partial charge is 0.480 e. The number of carbonyl (C=O) groups is 1. The third kappa shape index (κ3) is 2.99. The molecule has 0 bridgehead atoms. The van der Waals surface area contributed by atoms with Gasteiger partial charge in [0, 0.05) is 0 Å². The smallest absolute Gasteiger partial charge is 0.316 e. The number of carboxylic acids is 1. The highest BCUT2D eigenvalue weighted by molar-refractivity contribution is 7.99. The average molecular weight is 216 g/mol. The van der Waals surface area contributed by atoms with Crippen LogP contribution in [0.4, 0.5) is 0 Å². The molecule has 14 heavy (non-hydrogen) atoms. The van der Waals surface area contributed by atoms with Gasteiger partial charge in [0.15, 0.2) is 5.82 Å². The average Bonchev–Trinajstić information content (AvgIpc) is 2.55. The number of nitrogens with zero attached hydrogens (tertiary/aromatic N) is 3. The molecule has 0 saturated carbocycles. The second-order valence-corrected chi connectivity index (χ2v) is 4.27. The molecule has 0 spiro atoms. The molecule has 1 aromatic heterocycles. The molecule has 0 aliphatic carbocycles. The molecule has 0 aromatic carbocycles. The van der Waals surface area contributed by atoms with Gasteiger partial charge in [0.1, 0.15) is 5.25 Å². The minimum Gasteiger partial charge on any atom is -0.480 e. The monoisotopic (exact) mass is 216 g/mol. The van der Waals surface area contributed by atoms with Crippen molar-refractivity contribution in [3.05, 3.63) is 5.82 Å². The van der Waals surface area contributed by atoms with Crippen LogP contribution in [0.15, 0.2) is 0 Å². The lowest BCUT2D eigenvalue weighted by Gasteiger charge is -2.13. The zero-order chi connectivity index (χ0) is 10.6. The lowest BCUT2D eigenvalue weighted by molar-refractivity contribution is -0.137. The second kappa shape index (κ2) is 4.94. The molecule has 0 fully saturated rings. The van der Waals surface area contributed by atoms with Gasteiger partial charge in [0.2, 0.25) is 0 Å². The Morgan fingerprint density at radius 3 is 2.79 bits per heavy atom. The van der Waals surface area contributed by atoms with E-state index in [1.54, 1.807) is 0 Å². The van der Waals surface area contributed by atoms with Crippen molar-refractivity contribution in [1.29, 1.82) is 0 Å². The van der Waals surface area contributed by atoms with Crippen LogP contribution in [0, 0.1) is 5.92 Å². The quantitative estimate of drug-likeness (QED) is 0.746. The molecule has 0 aliphatic rings. The normalized spacial score (nSPS) is 13.1. The Balaban J connectivity index is 2.45. The lowest BCUT2D eigenvalue weighted by atomic mass is 10.1. The maximum absolute atomic E-state index is 10.8. The maximum atomic E-state index is 10.8. The van der Waals surface area contributed by atoms with Gasteiger partial charge < -0.3 is 5.11 Å². The SMILES string of the molecule is CC(C)[C@H](SCc1nn[nH]n1)C(=O)O. The van der Waals surface area contributed by atoms with Gasteiger partial charge in [-0.25, -0.2) is 0 Å². The van der Waals surface area contributed by atoms with Crippen LogP contribution in [-0.2, 0) is 10.5 Å². The van der Waals surface area contributed by atoms with Crippen molar-refractivity contribution in [2.24, 2.45) is 5.92 Å². The first-order chi connectivity index (χ1) is 6.61. The van der Waals surface area contributed by atoms with Crippen molar-refractivity contribution in [2.45, 2.75) is 24.9 Å². The molecule has 2 N–H and O–H groups in total. The van der Waals surface area contributed by atoms with Crippen LogP contribution in [0.5, 0.6) is 0 Å². The minimum absolute atomic E-state index is 0.0874. The van der Waals surface area contributed by atoms with Crippen molar-refractivity contribution >= 4 is 17.7 Å². The summed E-state index contributed by atoms with van der Waals surface area (Å²) in [7, 11) is 0. The van der Waals surface area contributed by atoms with Crippen LogP contribution >= 0.6 is 11.8 Å². The third-order valence-corrected chi connectivity index (χ3v) is 3.16. The fourth-order valence-electron chi connectivity index (χ4n) is 0.957. The van der Waals surface area contributed by atoms with Crippen LogP contribution in [-0.4, -0.2) is 36.9 Å². The second-order valence-electron chi connectivity index (χ2n) is 3.14. The van der Waals surface area contributed by atoms with E-state index in [2.05, 4.69) is 20.6 Å². The summed E-state index contributed by atoms with van der Waals surface area (Å²) in [5.74, 6) is 0.283. The van der Waals surface area contributed by atoms with Gasteiger partial charge in [-0.1, -0.05) is 19.1 Å². The van der Waals surface area contributed by atoms with E-state index in [4.69, 9.17) is 5.11 Å². The highest BCUT2D eigenvalue weighted by atomic mass is 32.2. The molecular formula is C7H12N4O2S. The number of nitrogens with one attached hydrogen (secondary N) is 1. The van der Waals surface area contributed by atoms with Crippen LogP contribution in [0.2, 0.25) is 0 Å². The lowest BCUT2D eigenvalue weighted by Crippen LogP contribution is -2.22. The summed E-state index contributed by atoms with van der Waals surface area (Å²) in [6.07, 6.45) is 0. The predicted octanol–water partition coefficient (Wildman–Crippen LogP) is 0.542. The molecular weight excluding hydrogens is 204 g/mol. The van der Waals surface area contributed by atoms with Gasteiger partial charge in [-0.15, -0.1) is 22.0 Å². The van der Waals surface area contributed by atoms with E-state index in [0.717, 1.165) is 0 Å². The number of thioether (sulfide) groups is 1. The highest BCUT2D eigenvalue weighted by Crippen LogP contribution is 2.22. The number of hydrogen-bond donors (Lipinski definition) is 2. The predicted molar refractivity (Wildman–Crippen MR) is 51.7 cm³/mol. The molecule has 6 nitrogen and oxygen atoms in total. The molecule has 0 saturated heterocycles. The summed E-state index contributed by atoms with van der Waals surface area (Å²) in [6, 6.07) is 0. The van der Waals surface area contributed by atoms with Gasteiger partial charge in [0.25, 0.3) is 0 Å². The topological polar surface area (TPSA) is 91.8 Å². The van der Waals surface area contributed by atoms with E-state index in [1.807, 2.05) is 13.8 Å². The van der Waals surface area contributed by atoms with Crippen molar-refractivity contribution in [3.63, 3.8) is 0 Å². The Morgan fingerprint density at radius 2 is 2.36 bits per heavy atom. The number of aromatic amines is 1. The molecule has 1 heterocycles. The Bertz CT molecular complexity index is 288. The van der Waals surface area contributed by atoms with E-state index in [9.17, 15) is 4.79 Å². The Labute approximate surface area is 85.5 Å². The number of aliphatic carboxylic acids is 1. The van der Waals surface area contributed by atoms with E-state index < -0.39 is 11.2 Å². The molecule has 0 unspecified atom stereocenters. The fourth-order valence-corrected chi connectivity index (χ4v) is 1.94. The first kappa shape index (κ1) is 11.0.